The number of carbonyl (C=O) groups excluding carboxylic acids is 1. The molecular formula is C23H33N3O3. The molecule has 5 aliphatic rings. The molecule has 4 heterocycles. The summed E-state index contributed by atoms with van der Waals surface area (Å²) in [7, 11) is 0. The molecule has 158 valence electrons. The van der Waals surface area contributed by atoms with Crippen LogP contribution in [0.3, 0.4) is 0 Å². The van der Waals surface area contributed by atoms with Crippen LogP contribution in [0.15, 0.2) is 10.6 Å². The predicted octanol–water partition coefficient (Wildman–Crippen LogP) is 3.23. The highest BCUT2D eigenvalue weighted by Gasteiger charge is 2.62. The van der Waals surface area contributed by atoms with E-state index in [1.165, 1.54) is 32.1 Å². The van der Waals surface area contributed by atoms with E-state index in [1.54, 1.807) is 0 Å². The number of nitrogens with zero attached hydrogens (tertiary/aromatic N) is 2. The van der Waals surface area contributed by atoms with E-state index in [4.69, 9.17) is 9.26 Å². The van der Waals surface area contributed by atoms with Crippen LogP contribution < -0.4 is 5.32 Å². The normalized spacial score (nSPS) is 36.3. The van der Waals surface area contributed by atoms with E-state index in [0.29, 0.717) is 30.3 Å². The molecule has 0 radical (unpaired) electrons. The van der Waals surface area contributed by atoms with Crippen molar-refractivity contribution in [1.82, 2.24) is 15.4 Å². The third-order valence-corrected chi connectivity index (χ3v) is 8.34. The first kappa shape index (κ1) is 18.4. The van der Waals surface area contributed by atoms with Gasteiger partial charge >= 0.3 is 0 Å². The molecule has 4 atom stereocenters. The van der Waals surface area contributed by atoms with E-state index in [9.17, 15) is 4.79 Å². The smallest absolute Gasteiger partial charge is 0.220 e. The van der Waals surface area contributed by atoms with Crippen LogP contribution in [-0.4, -0.2) is 47.3 Å². The summed E-state index contributed by atoms with van der Waals surface area (Å²) in [6.07, 6.45) is 10.9. The van der Waals surface area contributed by atoms with Crippen LogP contribution >= 0.6 is 0 Å². The van der Waals surface area contributed by atoms with Crippen molar-refractivity contribution in [3.8, 4) is 0 Å². The molecule has 1 N–H and O–H groups in total. The molecule has 2 bridgehead atoms. The van der Waals surface area contributed by atoms with Gasteiger partial charge in [-0.25, -0.2) is 0 Å². The zero-order valence-corrected chi connectivity index (χ0v) is 17.3. The lowest BCUT2D eigenvalue weighted by atomic mass is 9.73. The number of rotatable bonds is 8. The van der Waals surface area contributed by atoms with Crippen molar-refractivity contribution < 1.29 is 14.1 Å². The minimum absolute atomic E-state index is 0.00898. The fraction of sp³-hybridized carbons (Fsp3) is 0.826. The summed E-state index contributed by atoms with van der Waals surface area (Å²) in [5, 5.41) is 7.55. The van der Waals surface area contributed by atoms with E-state index in [2.05, 4.69) is 21.4 Å². The number of amides is 1. The van der Waals surface area contributed by atoms with Crippen molar-refractivity contribution in [2.75, 3.05) is 19.6 Å². The van der Waals surface area contributed by atoms with Crippen molar-refractivity contribution in [3.63, 3.8) is 0 Å². The summed E-state index contributed by atoms with van der Waals surface area (Å²) in [5.74, 6) is 3.71. The van der Waals surface area contributed by atoms with E-state index in [-0.39, 0.29) is 11.5 Å². The lowest BCUT2D eigenvalue weighted by molar-refractivity contribution is -0.121. The Hall–Kier alpha value is -1.40. The van der Waals surface area contributed by atoms with Gasteiger partial charge in [0.05, 0.1) is 17.4 Å². The van der Waals surface area contributed by atoms with E-state index >= 15 is 0 Å². The number of carbonyl (C=O) groups is 1. The summed E-state index contributed by atoms with van der Waals surface area (Å²) < 4.78 is 12.1. The van der Waals surface area contributed by atoms with Crippen molar-refractivity contribution in [2.45, 2.75) is 82.0 Å². The number of fused-ring (bicyclic) bond motifs is 1. The molecule has 0 aromatic carbocycles. The Morgan fingerprint density at radius 3 is 2.97 bits per heavy atom. The molecule has 3 aliphatic heterocycles. The Kier molecular flexibility index (Phi) is 4.49. The Labute approximate surface area is 172 Å². The van der Waals surface area contributed by atoms with Gasteiger partial charge in [-0.05, 0) is 38.0 Å². The predicted molar refractivity (Wildman–Crippen MR) is 107 cm³/mol. The highest BCUT2D eigenvalue weighted by Crippen LogP contribution is 2.54. The minimum atomic E-state index is 0.00898. The van der Waals surface area contributed by atoms with Crippen LogP contribution in [0.2, 0.25) is 0 Å². The molecule has 1 spiro atoms. The fourth-order valence-electron chi connectivity index (χ4n) is 6.31. The highest BCUT2D eigenvalue weighted by atomic mass is 16.5. The number of likely N-dealkylation sites (tertiary alicyclic amines) is 1. The van der Waals surface area contributed by atoms with Crippen molar-refractivity contribution >= 4 is 5.91 Å². The number of nitrogens with one attached hydrogen (secondary N) is 1. The zero-order valence-electron chi connectivity index (χ0n) is 17.3. The molecule has 1 amide bonds. The first-order chi connectivity index (χ1) is 14.2. The number of hydrogen-bond donors (Lipinski definition) is 1. The number of ether oxygens (including phenoxy) is 1. The Bertz CT molecular complexity index is 771. The van der Waals surface area contributed by atoms with Crippen molar-refractivity contribution in [1.29, 1.82) is 0 Å². The quantitative estimate of drug-likeness (QED) is 0.727. The Balaban J connectivity index is 1.04. The second kappa shape index (κ2) is 7.09. The van der Waals surface area contributed by atoms with Gasteiger partial charge in [0.1, 0.15) is 5.76 Å². The van der Waals surface area contributed by atoms with Crippen molar-refractivity contribution in [2.24, 2.45) is 17.8 Å². The second-order valence-corrected chi connectivity index (χ2v) is 10.3. The SMILES string of the molecule is O=C(CCC1CCC1)NC[C@H]1[C@H]2CN(Cc3cc(C4CC4)on3)C[C@]23CC[C@H]1O3. The Morgan fingerprint density at radius 1 is 1.28 bits per heavy atom. The maximum Gasteiger partial charge on any atom is 0.220 e. The van der Waals surface area contributed by atoms with Gasteiger partial charge < -0.3 is 14.6 Å². The summed E-state index contributed by atoms with van der Waals surface area (Å²) >= 11 is 0. The van der Waals surface area contributed by atoms with Gasteiger partial charge in [0.25, 0.3) is 0 Å². The standard InChI is InChI=1S/C23H33N3O3/c27-22(7-4-15-2-1-3-15)24-11-18-19-13-26(14-23(19)9-8-20(18)28-23)12-17-10-21(29-25-17)16-5-6-16/h10,15-16,18-20H,1-9,11-14H2,(H,24,27)/t18-,19+,20+,23+/m0/s1. The van der Waals surface area contributed by atoms with E-state index < -0.39 is 0 Å². The van der Waals surface area contributed by atoms with Crippen molar-refractivity contribution in [3.05, 3.63) is 17.5 Å². The number of hydrogen-bond acceptors (Lipinski definition) is 5. The average Bonchev–Trinajstić information content (AvgIpc) is 3.01. The maximum absolute atomic E-state index is 12.3. The van der Waals surface area contributed by atoms with Crippen LogP contribution in [0, 0.1) is 17.8 Å². The van der Waals surface area contributed by atoms with Gasteiger partial charge in [0.15, 0.2) is 0 Å². The Morgan fingerprint density at radius 2 is 2.17 bits per heavy atom. The van der Waals surface area contributed by atoms with Gasteiger partial charge in [-0.3, -0.25) is 9.69 Å². The van der Waals surface area contributed by atoms with Crippen LogP contribution in [0.25, 0.3) is 0 Å². The molecule has 3 saturated heterocycles. The zero-order chi connectivity index (χ0) is 19.4. The molecule has 6 heteroatoms. The lowest BCUT2D eigenvalue weighted by Gasteiger charge is -2.30. The first-order valence-electron chi connectivity index (χ1n) is 11.8. The van der Waals surface area contributed by atoms with Crippen LogP contribution in [0.5, 0.6) is 0 Å². The number of aromatic nitrogens is 1. The van der Waals surface area contributed by atoms with E-state index in [1.807, 2.05) is 0 Å². The topological polar surface area (TPSA) is 67.6 Å². The van der Waals surface area contributed by atoms with Gasteiger partial charge in [0.2, 0.25) is 5.91 Å². The van der Waals surface area contributed by atoms with Crippen LogP contribution in [0.4, 0.5) is 0 Å². The molecule has 0 unspecified atom stereocenters. The summed E-state index contributed by atoms with van der Waals surface area (Å²) in [6.45, 7) is 3.67. The average molecular weight is 400 g/mol. The van der Waals surface area contributed by atoms with Crippen LogP contribution in [-0.2, 0) is 16.1 Å². The third kappa shape index (κ3) is 3.42. The lowest BCUT2D eigenvalue weighted by Crippen LogP contribution is -2.42. The second-order valence-electron chi connectivity index (χ2n) is 10.3. The molecule has 6 rings (SSSR count). The largest absolute Gasteiger partial charge is 0.370 e. The molecule has 2 aliphatic carbocycles. The van der Waals surface area contributed by atoms with Gasteiger partial charge in [-0.2, -0.15) is 0 Å². The molecule has 1 aromatic rings. The first-order valence-corrected chi connectivity index (χ1v) is 11.8. The summed E-state index contributed by atoms with van der Waals surface area (Å²) in [4.78, 5) is 14.8. The molecule has 5 fully saturated rings. The van der Waals surface area contributed by atoms with E-state index in [0.717, 1.165) is 62.8 Å². The van der Waals surface area contributed by atoms with Crippen LogP contribution in [0.1, 0.15) is 75.2 Å². The minimum Gasteiger partial charge on any atom is -0.370 e. The van der Waals surface area contributed by atoms with Gasteiger partial charge in [-0.1, -0.05) is 24.4 Å². The molecule has 6 nitrogen and oxygen atoms in total. The molecule has 29 heavy (non-hydrogen) atoms. The summed E-state index contributed by atoms with van der Waals surface area (Å²) in [5.41, 5.74) is 1.06. The maximum atomic E-state index is 12.3. The highest BCUT2D eigenvalue weighted by molar-refractivity contribution is 5.75. The summed E-state index contributed by atoms with van der Waals surface area (Å²) in [6, 6.07) is 2.15. The fourth-order valence-corrected chi connectivity index (χ4v) is 6.31. The monoisotopic (exact) mass is 399 g/mol. The molecule has 2 saturated carbocycles. The molecule has 1 aromatic heterocycles. The molecular weight excluding hydrogens is 366 g/mol. The third-order valence-electron chi connectivity index (χ3n) is 8.34. The van der Waals surface area contributed by atoms with Gasteiger partial charge in [-0.15, -0.1) is 0 Å². The van der Waals surface area contributed by atoms with Gasteiger partial charge in [0, 0.05) is 56.4 Å².